The third kappa shape index (κ3) is 5.27. The Balaban J connectivity index is 1.22. The monoisotopic (exact) mass is 683 g/mol. The lowest BCUT2D eigenvalue weighted by Crippen LogP contribution is -2.24. The molecule has 10 rings (SSSR count). The van der Waals surface area contributed by atoms with Gasteiger partial charge >= 0.3 is 0 Å². The van der Waals surface area contributed by atoms with E-state index in [9.17, 15) is 0 Å². The first-order valence-electron chi connectivity index (χ1n) is 17.8. The molecule has 6 heteroatoms. The molecule has 0 fully saturated rings. The highest BCUT2D eigenvalue weighted by atomic mass is 16.4. The SMILES string of the molecule is c1ccc(C(=C(c2cccc(N3CN(c4ccccc4)c4ncoc43)c2)c2ccc3c4ccccc4n(-c4ccccn4)c3c2)c2ccccc2)cc1. The van der Waals surface area contributed by atoms with Gasteiger partial charge in [-0.25, -0.2) is 4.98 Å². The quantitative estimate of drug-likeness (QED) is 0.157. The van der Waals surface area contributed by atoms with E-state index in [0.717, 1.165) is 73.3 Å². The largest absolute Gasteiger partial charge is 0.425 e. The van der Waals surface area contributed by atoms with Crippen molar-refractivity contribution in [2.45, 2.75) is 0 Å². The van der Waals surface area contributed by atoms with Gasteiger partial charge in [0, 0.05) is 28.3 Å². The summed E-state index contributed by atoms with van der Waals surface area (Å²) in [6.07, 6.45) is 3.39. The first-order chi connectivity index (χ1) is 26.3. The topological polar surface area (TPSA) is 50.3 Å². The normalized spacial score (nSPS) is 12.4. The van der Waals surface area contributed by atoms with Crippen molar-refractivity contribution in [2.24, 2.45) is 0 Å². The van der Waals surface area contributed by atoms with E-state index < -0.39 is 0 Å². The van der Waals surface area contributed by atoms with E-state index in [1.807, 2.05) is 36.5 Å². The number of aromatic nitrogens is 3. The molecule has 6 aromatic carbocycles. The Labute approximate surface area is 307 Å². The molecule has 0 atom stereocenters. The van der Waals surface area contributed by atoms with Crippen molar-refractivity contribution in [2.75, 3.05) is 16.5 Å². The zero-order chi connectivity index (χ0) is 35.1. The van der Waals surface area contributed by atoms with Crippen molar-refractivity contribution in [3.05, 3.63) is 211 Å². The molecule has 6 nitrogen and oxygen atoms in total. The maximum atomic E-state index is 6.05. The Morgan fingerprint density at radius 1 is 0.472 bits per heavy atom. The van der Waals surface area contributed by atoms with Crippen LogP contribution in [0.5, 0.6) is 0 Å². The fraction of sp³-hybridized carbons (Fsp3) is 0.0213. The molecule has 0 spiro atoms. The fourth-order valence-electron chi connectivity index (χ4n) is 7.70. The van der Waals surface area contributed by atoms with Gasteiger partial charge in [-0.2, -0.15) is 4.98 Å². The van der Waals surface area contributed by atoms with Crippen LogP contribution in [0, 0.1) is 0 Å². The zero-order valence-corrected chi connectivity index (χ0v) is 28.7. The van der Waals surface area contributed by atoms with E-state index in [0.29, 0.717) is 6.67 Å². The highest BCUT2D eigenvalue weighted by Gasteiger charge is 2.33. The molecule has 0 unspecified atom stereocenters. The van der Waals surface area contributed by atoms with Gasteiger partial charge in [0.05, 0.1) is 11.0 Å². The molecular weight excluding hydrogens is 651 g/mol. The minimum absolute atomic E-state index is 0.578. The number of oxazole rings is 1. The molecular formula is C47H33N5O. The smallest absolute Gasteiger partial charge is 0.246 e. The van der Waals surface area contributed by atoms with Gasteiger partial charge in [-0.05, 0) is 81.9 Å². The second-order valence-electron chi connectivity index (χ2n) is 13.1. The summed E-state index contributed by atoms with van der Waals surface area (Å²) in [7, 11) is 0. The average molecular weight is 684 g/mol. The Morgan fingerprint density at radius 3 is 1.85 bits per heavy atom. The average Bonchev–Trinajstić information content (AvgIpc) is 3.94. The first-order valence-corrected chi connectivity index (χ1v) is 17.8. The number of benzene rings is 6. The zero-order valence-electron chi connectivity index (χ0n) is 28.7. The van der Waals surface area contributed by atoms with Gasteiger partial charge in [0.1, 0.15) is 12.5 Å². The van der Waals surface area contributed by atoms with Crippen molar-refractivity contribution in [1.29, 1.82) is 0 Å². The van der Waals surface area contributed by atoms with E-state index >= 15 is 0 Å². The molecule has 252 valence electrons. The van der Waals surface area contributed by atoms with Crippen LogP contribution in [0.3, 0.4) is 0 Å². The summed E-state index contributed by atoms with van der Waals surface area (Å²) in [5, 5.41) is 2.37. The van der Waals surface area contributed by atoms with E-state index in [2.05, 4.69) is 165 Å². The van der Waals surface area contributed by atoms with Crippen molar-refractivity contribution in [3.63, 3.8) is 0 Å². The number of hydrogen-bond donors (Lipinski definition) is 0. The molecule has 0 amide bonds. The predicted octanol–water partition coefficient (Wildman–Crippen LogP) is 11.4. The number of anilines is 4. The molecule has 1 aliphatic rings. The molecule has 9 aromatic rings. The van der Waals surface area contributed by atoms with Crippen molar-refractivity contribution >= 4 is 56.0 Å². The van der Waals surface area contributed by atoms with Crippen LogP contribution in [-0.4, -0.2) is 21.2 Å². The molecule has 53 heavy (non-hydrogen) atoms. The number of para-hydroxylation sites is 2. The van der Waals surface area contributed by atoms with Crippen LogP contribution in [0.1, 0.15) is 22.3 Å². The van der Waals surface area contributed by atoms with Crippen molar-refractivity contribution in [1.82, 2.24) is 14.5 Å². The Morgan fingerprint density at radius 2 is 1.09 bits per heavy atom. The number of fused-ring (bicyclic) bond motifs is 4. The maximum absolute atomic E-state index is 6.05. The molecule has 0 saturated heterocycles. The number of rotatable bonds is 7. The summed E-state index contributed by atoms with van der Waals surface area (Å²) in [6.45, 7) is 0.578. The summed E-state index contributed by atoms with van der Waals surface area (Å²) in [4.78, 5) is 13.8. The van der Waals surface area contributed by atoms with E-state index in [1.54, 1.807) is 0 Å². The van der Waals surface area contributed by atoms with Gasteiger partial charge in [0.2, 0.25) is 5.88 Å². The third-order valence-electron chi connectivity index (χ3n) is 10.0. The van der Waals surface area contributed by atoms with Gasteiger partial charge in [-0.1, -0.05) is 127 Å². The van der Waals surface area contributed by atoms with Crippen molar-refractivity contribution < 1.29 is 4.42 Å². The number of hydrogen-bond acceptors (Lipinski definition) is 5. The highest BCUT2D eigenvalue weighted by Crippen LogP contribution is 2.45. The third-order valence-corrected chi connectivity index (χ3v) is 10.0. The summed E-state index contributed by atoms with van der Waals surface area (Å²) in [6, 6.07) is 62.1. The lowest BCUT2D eigenvalue weighted by Gasteiger charge is -2.23. The van der Waals surface area contributed by atoms with E-state index in [1.165, 1.54) is 17.2 Å². The molecule has 1 aliphatic heterocycles. The highest BCUT2D eigenvalue weighted by molar-refractivity contribution is 6.12. The minimum Gasteiger partial charge on any atom is -0.425 e. The van der Waals surface area contributed by atoms with Crippen molar-refractivity contribution in [3.8, 4) is 5.82 Å². The van der Waals surface area contributed by atoms with E-state index in [4.69, 9.17) is 9.40 Å². The fourth-order valence-corrected chi connectivity index (χ4v) is 7.70. The Hall–Kier alpha value is -7.18. The van der Waals surface area contributed by atoms with Gasteiger partial charge in [-0.15, -0.1) is 0 Å². The molecule has 0 N–H and O–H groups in total. The summed E-state index contributed by atoms with van der Waals surface area (Å²) < 4.78 is 8.33. The van der Waals surface area contributed by atoms with Gasteiger partial charge in [0.15, 0.2) is 12.2 Å². The first kappa shape index (κ1) is 30.6. The molecule has 0 radical (unpaired) electrons. The molecule has 0 bridgehead atoms. The summed E-state index contributed by atoms with van der Waals surface area (Å²) in [5.41, 5.74) is 11.0. The van der Waals surface area contributed by atoms with Gasteiger partial charge < -0.3 is 9.32 Å². The second-order valence-corrected chi connectivity index (χ2v) is 13.1. The Kier molecular flexibility index (Phi) is 7.43. The molecule has 3 aromatic heterocycles. The van der Waals surface area contributed by atoms with Crippen LogP contribution in [0.4, 0.5) is 23.1 Å². The Bertz CT molecular complexity index is 2710. The molecule has 4 heterocycles. The van der Waals surface area contributed by atoms with Crippen LogP contribution in [0.2, 0.25) is 0 Å². The van der Waals surface area contributed by atoms with Crippen LogP contribution in [0.15, 0.2) is 193 Å². The van der Waals surface area contributed by atoms with E-state index in [-0.39, 0.29) is 0 Å². The minimum atomic E-state index is 0.578. The van der Waals surface area contributed by atoms with Gasteiger partial charge in [-0.3, -0.25) is 9.47 Å². The second kappa shape index (κ2) is 12.9. The van der Waals surface area contributed by atoms with Crippen LogP contribution in [-0.2, 0) is 0 Å². The number of pyridine rings is 1. The molecule has 0 aliphatic carbocycles. The lowest BCUT2D eigenvalue weighted by atomic mass is 9.85. The summed E-state index contributed by atoms with van der Waals surface area (Å²) >= 11 is 0. The van der Waals surface area contributed by atoms with Crippen LogP contribution >= 0.6 is 0 Å². The predicted molar refractivity (Wildman–Crippen MR) is 215 cm³/mol. The maximum Gasteiger partial charge on any atom is 0.246 e. The summed E-state index contributed by atoms with van der Waals surface area (Å²) in [5.74, 6) is 2.41. The standard InChI is InChI=1S/C47H33N5O/c1-4-15-33(16-5-1)44(34-17-6-2-7-18-34)45(36-26-27-40-39-23-10-11-24-41(39)52(42(40)30-36)43-25-12-13-28-48-43)35-19-14-22-38(29-35)51-32-50(37-20-8-3-9-21-37)46-47(51)53-31-49-46/h1-31H,32H2. The lowest BCUT2D eigenvalue weighted by molar-refractivity contribution is 0.559. The van der Waals surface area contributed by atoms with Crippen LogP contribution in [0.25, 0.3) is 38.8 Å². The number of nitrogens with zero attached hydrogens (tertiary/aromatic N) is 5. The molecule has 0 saturated carbocycles. The van der Waals surface area contributed by atoms with Crippen LogP contribution < -0.4 is 9.80 Å². The van der Waals surface area contributed by atoms with Gasteiger partial charge in [0.25, 0.3) is 0 Å².